The lowest BCUT2D eigenvalue weighted by Gasteiger charge is -2.53. The molecule has 10 heteroatoms. The molecule has 0 radical (unpaired) electrons. The molecule has 9 nitrogen and oxygen atoms in total. The lowest BCUT2D eigenvalue weighted by atomic mass is 9.57. The number of fused-ring (bicyclic) bond motifs is 1. The van der Waals surface area contributed by atoms with Crippen molar-refractivity contribution in [2.45, 2.75) is 32.2 Å². The number of amides is 2. The number of benzene rings is 1. The van der Waals surface area contributed by atoms with Gasteiger partial charge in [-0.2, -0.15) is 0 Å². The van der Waals surface area contributed by atoms with Gasteiger partial charge < -0.3 is 25.2 Å². The molecule has 0 unspecified atom stereocenters. The second-order valence-corrected chi connectivity index (χ2v) is 9.47. The van der Waals surface area contributed by atoms with Crippen molar-refractivity contribution in [2.24, 2.45) is 17.1 Å². The number of rotatable bonds is 6. The molecule has 1 spiro atoms. The zero-order chi connectivity index (χ0) is 23.9. The molecule has 1 saturated heterocycles. The molecule has 0 atom stereocenters. The van der Waals surface area contributed by atoms with Crippen LogP contribution in [0.25, 0.3) is 10.9 Å². The van der Waals surface area contributed by atoms with Crippen molar-refractivity contribution in [3.05, 3.63) is 53.7 Å². The summed E-state index contributed by atoms with van der Waals surface area (Å²) < 4.78 is 18.5. The molecule has 5 rings (SSSR count). The fourth-order valence-electron chi connectivity index (χ4n) is 5.39. The van der Waals surface area contributed by atoms with E-state index in [1.54, 1.807) is 6.07 Å². The number of piperidine rings is 1. The van der Waals surface area contributed by atoms with Crippen LogP contribution in [0, 0.1) is 17.2 Å². The molecule has 0 bridgehead atoms. The number of carbonyl (C=O) groups excluding carboxylic acids is 1. The van der Waals surface area contributed by atoms with Crippen molar-refractivity contribution >= 4 is 28.7 Å². The number of hydrogen-bond donors (Lipinski definition) is 2. The smallest absolute Gasteiger partial charge is 0.407 e. The van der Waals surface area contributed by atoms with E-state index in [-0.39, 0.29) is 29.4 Å². The second-order valence-electron chi connectivity index (χ2n) is 9.47. The lowest BCUT2D eigenvalue weighted by Crippen LogP contribution is -2.50. The van der Waals surface area contributed by atoms with Crippen LogP contribution in [0.4, 0.5) is 15.0 Å². The van der Waals surface area contributed by atoms with Crippen LogP contribution in [0.2, 0.25) is 0 Å². The maximum atomic E-state index is 13.4. The van der Waals surface area contributed by atoms with E-state index in [2.05, 4.69) is 10.1 Å². The van der Waals surface area contributed by atoms with Crippen molar-refractivity contribution in [2.75, 3.05) is 24.5 Å². The number of carbonyl (C=O) groups is 2. The van der Waals surface area contributed by atoms with Crippen LogP contribution in [0.1, 0.15) is 41.9 Å². The highest BCUT2D eigenvalue weighted by Crippen LogP contribution is 2.53. The summed E-state index contributed by atoms with van der Waals surface area (Å²) in [7, 11) is 0. The quantitative estimate of drug-likeness (QED) is 0.567. The van der Waals surface area contributed by atoms with Crippen molar-refractivity contribution < 1.29 is 23.6 Å². The van der Waals surface area contributed by atoms with E-state index >= 15 is 0 Å². The van der Waals surface area contributed by atoms with Gasteiger partial charge in [0.25, 0.3) is 5.91 Å². The minimum absolute atomic E-state index is 0.0113. The van der Waals surface area contributed by atoms with Crippen LogP contribution in [0.3, 0.4) is 0 Å². The Labute approximate surface area is 195 Å². The highest BCUT2D eigenvalue weighted by Gasteiger charge is 2.46. The molecule has 2 aromatic heterocycles. The summed E-state index contributed by atoms with van der Waals surface area (Å²) in [5.41, 5.74) is 6.19. The summed E-state index contributed by atoms with van der Waals surface area (Å²) in [5.74, 6) is 0.513. The molecule has 1 aliphatic heterocycles. The van der Waals surface area contributed by atoms with Crippen LogP contribution < -0.4 is 10.6 Å². The van der Waals surface area contributed by atoms with E-state index in [1.165, 1.54) is 23.1 Å². The molecule has 178 valence electrons. The van der Waals surface area contributed by atoms with E-state index in [0.717, 1.165) is 55.5 Å². The van der Waals surface area contributed by atoms with Gasteiger partial charge >= 0.3 is 6.09 Å². The Balaban J connectivity index is 1.15. The van der Waals surface area contributed by atoms with E-state index in [4.69, 9.17) is 15.2 Å². The SMILES string of the molecule is NC(=O)c1cc(CN(CC2CC3(CCN(c4ccc5cc(F)ccc5n4)CC3)C2)C(=O)O)on1. The molecule has 1 saturated carbocycles. The number of primary amides is 1. The number of aromatic nitrogens is 2. The van der Waals surface area contributed by atoms with E-state index in [1.807, 2.05) is 12.1 Å². The number of nitrogens with zero attached hydrogens (tertiary/aromatic N) is 4. The maximum absolute atomic E-state index is 13.4. The summed E-state index contributed by atoms with van der Waals surface area (Å²) in [6.07, 6.45) is 3.00. The van der Waals surface area contributed by atoms with Gasteiger partial charge in [0.15, 0.2) is 11.5 Å². The number of pyridine rings is 1. The standard InChI is InChI=1S/C24H26FN5O4/c25-17-2-3-19-16(9-17)1-4-21(27-19)29-7-5-24(6-8-29)11-15(12-24)13-30(23(32)33)14-18-10-20(22(26)31)28-34-18/h1-4,9-10,15H,5-8,11-14H2,(H2,26,31)(H,32,33). The van der Waals surface area contributed by atoms with Gasteiger partial charge in [-0.1, -0.05) is 5.16 Å². The molecule has 1 aliphatic carbocycles. The van der Waals surface area contributed by atoms with Gasteiger partial charge in [-0.15, -0.1) is 0 Å². The molecule has 3 N–H and O–H groups in total. The number of anilines is 1. The molecule has 34 heavy (non-hydrogen) atoms. The van der Waals surface area contributed by atoms with Gasteiger partial charge in [-0.3, -0.25) is 4.79 Å². The largest absolute Gasteiger partial charge is 0.465 e. The topological polar surface area (TPSA) is 126 Å². The Morgan fingerprint density at radius 3 is 2.65 bits per heavy atom. The Kier molecular flexibility index (Phi) is 5.59. The minimum Gasteiger partial charge on any atom is -0.465 e. The average Bonchev–Trinajstić information content (AvgIpc) is 3.26. The average molecular weight is 468 g/mol. The lowest BCUT2D eigenvalue weighted by molar-refractivity contribution is 0.00704. The molecule has 2 fully saturated rings. The van der Waals surface area contributed by atoms with Crippen LogP contribution >= 0.6 is 0 Å². The first-order valence-corrected chi connectivity index (χ1v) is 11.3. The van der Waals surface area contributed by atoms with Crippen LogP contribution in [0.15, 0.2) is 40.9 Å². The zero-order valence-corrected chi connectivity index (χ0v) is 18.6. The normalized spacial score (nSPS) is 17.6. The monoisotopic (exact) mass is 467 g/mol. The van der Waals surface area contributed by atoms with E-state index in [9.17, 15) is 19.1 Å². The third-order valence-corrected chi connectivity index (χ3v) is 7.14. The third kappa shape index (κ3) is 4.40. The molecule has 3 heterocycles. The fourth-order valence-corrected chi connectivity index (χ4v) is 5.39. The zero-order valence-electron chi connectivity index (χ0n) is 18.6. The van der Waals surface area contributed by atoms with Gasteiger partial charge in [-0.25, -0.2) is 14.2 Å². The Morgan fingerprint density at radius 2 is 1.97 bits per heavy atom. The molecule has 2 amide bonds. The number of halogens is 1. The van der Waals surface area contributed by atoms with E-state index in [0.29, 0.717) is 12.3 Å². The summed E-state index contributed by atoms with van der Waals surface area (Å²) in [5, 5.41) is 14.0. The summed E-state index contributed by atoms with van der Waals surface area (Å²) in [4.78, 5) is 31.2. The van der Waals surface area contributed by atoms with Crippen molar-refractivity contribution in [1.29, 1.82) is 0 Å². The molecular weight excluding hydrogens is 441 g/mol. The highest BCUT2D eigenvalue weighted by molar-refractivity contribution is 5.90. The third-order valence-electron chi connectivity index (χ3n) is 7.14. The van der Waals surface area contributed by atoms with E-state index < -0.39 is 12.0 Å². The summed E-state index contributed by atoms with van der Waals surface area (Å²) >= 11 is 0. The maximum Gasteiger partial charge on any atom is 0.407 e. The Hall–Kier alpha value is -3.69. The minimum atomic E-state index is -1.03. The van der Waals surface area contributed by atoms with Gasteiger partial charge in [0.05, 0.1) is 12.1 Å². The number of carboxylic acid groups (broad SMARTS) is 1. The first kappa shape index (κ1) is 22.1. The first-order chi connectivity index (χ1) is 16.3. The molecule has 1 aromatic carbocycles. The number of nitrogens with two attached hydrogens (primary N) is 1. The fraction of sp³-hybridized carbons (Fsp3) is 0.417. The summed E-state index contributed by atoms with van der Waals surface area (Å²) in [6.45, 7) is 2.23. The van der Waals surface area contributed by atoms with Crippen molar-refractivity contribution in [3.63, 3.8) is 0 Å². The van der Waals surface area contributed by atoms with Crippen LogP contribution in [0.5, 0.6) is 0 Å². The van der Waals surface area contributed by atoms with Crippen LogP contribution in [-0.4, -0.2) is 51.8 Å². The van der Waals surface area contributed by atoms with Gasteiger partial charge in [0.1, 0.15) is 11.6 Å². The van der Waals surface area contributed by atoms with Crippen molar-refractivity contribution in [3.8, 4) is 0 Å². The van der Waals surface area contributed by atoms with Gasteiger partial charge in [0.2, 0.25) is 0 Å². The van der Waals surface area contributed by atoms with Crippen LogP contribution in [-0.2, 0) is 6.54 Å². The molecular formula is C24H26FN5O4. The number of hydrogen-bond acceptors (Lipinski definition) is 6. The van der Waals surface area contributed by atoms with Gasteiger partial charge in [-0.05, 0) is 67.3 Å². The predicted molar refractivity (Wildman–Crippen MR) is 122 cm³/mol. The predicted octanol–water partition coefficient (Wildman–Crippen LogP) is 3.64. The Morgan fingerprint density at radius 1 is 1.21 bits per heavy atom. The summed E-state index contributed by atoms with van der Waals surface area (Å²) in [6, 6.07) is 9.86. The molecule has 2 aliphatic rings. The second kappa shape index (κ2) is 8.58. The van der Waals surface area contributed by atoms with Gasteiger partial charge in [0, 0.05) is 31.1 Å². The first-order valence-electron chi connectivity index (χ1n) is 11.3. The Bertz CT molecular complexity index is 1230. The highest BCUT2D eigenvalue weighted by atomic mass is 19.1. The van der Waals surface area contributed by atoms with Crippen molar-refractivity contribution in [1.82, 2.24) is 15.0 Å². The molecule has 3 aromatic rings.